The van der Waals surface area contributed by atoms with Crippen LogP contribution in [-0.2, 0) is 5.54 Å². The lowest BCUT2D eigenvalue weighted by atomic mass is 10.1. The summed E-state index contributed by atoms with van der Waals surface area (Å²) in [5.74, 6) is 0.448. The molecule has 5 nitrogen and oxygen atoms in total. The summed E-state index contributed by atoms with van der Waals surface area (Å²) in [5, 5.41) is 6.30. The molecule has 1 aromatic rings. The molecule has 0 unspecified atom stereocenters. The molecule has 1 aliphatic rings. The minimum Gasteiger partial charge on any atom is -0.360 e. The lowest BCUT2D eigenvalue weighted by molar-refractivity contribution is 0.382. The molecule has 2 heterocycles. The first-order valence-corrected chi connectivity index (χ1v) is 5.54. The van der Waals surface area contributed by atoms with Crippen LogP contribution in [0.4, 0.5) is 5.82 Å². The van der Waals surface area contributed by atoms with Crippen molar-refractivity contribution >= 4 is 5.82 Å². The average molecular weight is 222 g/mol. The maximum atomic E-state index is 12.1. The van der Waals surface area contributed by atoms with Crippen LogP contribution in [0.5, 0.6) is 0 Å². The minimum atomic E-state index is -0.214. The summed E-state index contributed by atoms with van der Waals surface area (Å²) in [6, 6.07) is 0.330. The SMILES string of the molecule is CC(C)(C)n1ccnc(NC2CNC2)c1=O. The van der Waals surface area contributed by atoms with Crippen molar-refractivity contribution in [1.29, 1.82) is 0 Å². The van der Waals surface area contributed by atoms with Gasteiger partial charge in [0.15, 0.2) is 5.82 Å². The summed E-state index contributed by atoms with van der Waals surface area (Å²) in [4.78, 5) is 16.2. The van der Waals surface area contributed by atoms with Gasteiger partial charge in [0.1, 0.15) is 0 Å². The van der Waals surface area contributed by atoms with Gasteiger partial charge in [-0.1, -0.05) is 0 Å². The van der Waals surface area contributed by atoms with Gasteiger partial charge in [-0.05, 0) is 20.8 Å². The molecule has 88 valence electrons. The largest absolute Gasteiger partial charge is 0.360 e. The van der Waals surface area contributed by atoms with E-state index < -0.39 is 0 Å². The molecule has 5 heteroatoms. The van der Waals surface area contributed by atoms with Crippen molar-refractivity contribution in [3.05, 3.63) is 22.7 Å². The fraction of sp³-hybridized carbons (Fsp3) is 0.636. The van der Waals surface area contributed by atoms with Gasteiger partial charge in [0.2, 0.25) is 0 Å². The number of nitrogens with zero attached hydrogens (tertiary/aromatic N) is 2. The van der Waals surface area contributed by atoms with E-state index >= 15 is 0 Å². The third kappa shape index (κ3) is 2.09. The number of anilines is 1. The Bertz CT molecular complexity index is 428. The molecule has 0 aromatic carbocycles. The van der Waals surface area contributed by atoms with Crippen LogP contribution < -0.4 is 16.2 Å². The third-order valence-corrected chi connectivity index (χ3v) is 2.69. The van der Waals surface area contributed by atoms with Gasteiger partial charge in [-0.25, -0.2) is 4.98 Å². The van der Waals surface area contributed by atoms with Crippen molar-refractivity contribution in [3.63, 3.8) is 0 Å². The van der Waals surface area contributed by atoms with Gasteiger partial charge in [0.05, 0.1) is 6.04 Å². The molecule has 1 aliphatic heterocycles. The van der Waals surface area contributed by atoms with Crippen LogP contribution in [-0.4, -0.2) is 28.7 Å². The molecule has 2 N–H and O–H groups in total. The average Bonchev–Trinajstić information content (AvgIpc) is 2.11. The molecule has 0 amide bonds. The van der Waals surface area contributed by atoms with E-state index in [4.69, 9.17) is 0 Å². The van der Waals surface area contributed by atoms with Crippen molar-refractivity contribution in [2.75, 3.05) is 18.4 Å². The number of nitrogens with one attached hydrogen (secondary N) is 2. The van der Waals surface area contributed by atoms with Crippen molar-refractivity contribution in [2.24, 2.45) is 0 Å². The first-order valence-electron chi connectivity index (χ1n) is 5.54. The van der Waals surface area contributed by atoms with Gasteiger partial charge in [-0.2, -0.15) is 0 Å². The molecule has 0 aliphatic carbocycles. The monoisotopic (exact) mass is 222 g/mol. The Morgan fingerprint density at radius 1 is 1.50 bits per heavy atom. The van der Waals surface area contributed by atoms with E-state index in [-0.39, 0.29) is 11.1 Å². The second-order valence-electron chi connectivity index (χ2n) is 5.12. The Labute approximate surface area is 94.9 Å². The first-order chi connectivity index (χ1) is 7.48. The molecule has 2 rings (SSSR count). The van der Waals surface area contributed by atoms with Crippen molar-refractivity contribution in [2.45, 2.75) is 32.4 Å². The highest BCUT2D eigenvalue weighted by molar-refractivity contribution is 5.33. The van der Waals surface area contributed by atoms with Crippen molar-refractivity contribution in [1.82, 2.24) is 14.9 Å². The van der Waals surface area contributed by atoms with E-state index in [1.807, 2.05) is 20.8 Å². The van der Waals surface area contributed by atoms with Gasteiger partial charge in [-0.15, -0.1) is 0 Å². The summed E-state index contributed by atoms with van der Waals surface area (Å²) in [6.45, 7) is 7.80. The predicted molar refractivity (Wildman–Crippen MR) is 63.8 cm³/mol. The van der Waals surface area contributed by atoms with Gasteiger partial charge in [0, 0.05) is 31.0 Å². The molecular weight excluding hydrogens is 204 g/mol. The Balaban J connectivity index is 2.29. The maximum absolute atomic E-state index is 12.1. The van der Waals surface area contributed by atoms with Crippen LogP contribution in [0.15, 0.2) is 17.2 Å². The molecule has 1 aromatic heterocycles. The van der Waals surface area contributed by atoms with Crippen LogP contribution in [0, 0.1) is 0 Å². The number of rotatable bonds is 2. The van der Waals surface area contributed by atoms with Gasteiger partial charge < -0.3 is 15.2 Å². The van der Waals surface area contributed by atoms with E-state index in [0.29, 0.717) is 11.9 Å². The molecule has 1 saturated heterocycles. The molecule has 16 heavy (non-hydrogen) atoms. The van der Waals surface area contributed by atoms with Crippen LogP contribution in [0.2, 0.25) is 0 Å². The Morgan fingerprint density at radius 2 is 2.19 bits per heavy atom. The normalized spacial score (nSPS) is 16.9. The zero-order valence-electron chi connectivity index (χ0n) is 9.95. The molecular formula is C11H18N4O. The fourth-order valence-electron chi connectivity index (χ4n) is 1.62. The smallest absolute Gasteiger partial charge is 0.293 e. The van der Waals surface area contributed by atoms with Crippen LogP contribution in [0.1, 0.15) is 20.8 Å². The second-order valence-corrected chi connectivity index (χ2v) is 5.12. The quantitative estimate of drug-likeness (QED) is 0.759. The number of hydrogen-bond donors (Lipinski definition) is 2. The molecule has 0 bridgehead atoms. The number of hydrogen-bond acceptors (Lipinski definition) is 4. The summed E-state index contributed by atoms with van der Waals surface area (Å²) in [7, 11) is 0. The minimum absolute atomic E-state index is 0.0538. The molecule has 0 atom stereocenters. The van der Waals surface area contributed by atoms with Crippen molar-refractivity contribution < 1.29 is 0 Å². The van der Waals surface area contributed by atoms with Crippen LogP contribution in [0.3, 0.4) is 0 Å². The van der Waals surface area contributed by atoms with Crippen molar-refractivity contribution in [3.8, 4) is 0 Å². The molecule has 1 fully saturated rings. The summed E-state index contributed by atoms with van der Waals surface area (Å²) in [5.41, 5.74) is -0.268. The summed E-state index contributed by atoms with van der Waals surface area (Å²) < 4.78 is 1.70. The lowest BCUT2D eigenvalue weighted by Gasteiger charge is -2.29. The van der Waals surface area contributed by atoms with Crippen LogP contribution >= 0.6 is 0 Å². The highest BCUT2D eigenvalue weighted by Crippen LogP contribution is 2.11. The number of aromatic nitrogens is 2. The fourth-order valence-corrected chi connectivity index (χ4v) is 1.62. The second kappa shape index (κ2) is 3.90. The van der Waals surface area contributed by atoms with E-state index in [0.717, 1.165) is 13.1 Å². The molecule has 0 radical (unpaired) electrons. The van der Waals surface area contributed by atoms with E-state index in [2.05, 4.69) is 15.6 Å². The standard InChI is InChI=1S/C11H18N4O/c1-11(2,3)15-5-4-13-9(10(15)16)14-8-6-12-7-8/h4-5,8,12H,6-7H2,1-3H3,(H,13,14). The Morgan fingerprint density at radius 3 is 2.69 bits per heavy atom. The topological polar surface area (TPSA) is 59.0 Å². The Hall–Kier alpha value is -1.36. The zero-order chi connectivity index (χ0) is 11.8. The summed E-state index contributed by atoms with van der Waals surface area (Å²) >= 11 is 0. The highest BCUT2D eigenvalue weighted by Gasteiger charge is 2.21. The van der Waals surface area contributed by atoms with Crippen LogP contribution in [0.25, 0.3) is 0 Å². The third-order valence-electron chi connectivity index (χ3n) is 2.69. The van der Waals surface area contributed by atoms with Gasteiger partial charge in [0.25, 0.3) is 5.56 Å². The lowest BCUT2D eigenvalue weighted by Crippen LogP contribution is -2.52. The predicted octanol–water partition coefficient (Wildman–Crippen LogP) is 0.382. The van der Waals surface area contributed by atoms with E-state index in [1.165, 1.54) is 0 Å². The van der Waals surface area contributed by atoms with E-state index in [9.17, 15) is 4.79 Å². The molecule has 0 saturated carbocycles. The van der Waals surface area contributed by atoms with Gasteiger partial charge in [-0.3, -0.25) is 4.79 Å². The Kier molecular flexibility index (Phi) is 2.71. The highest BCUT2D eigenvalue weighted by atomic mass is 16.1. The zero-order valence-corrected chi connectivity index (χ0v) is 9.95. The molecule has 0 spiro atoms. The maximum Gasteiger partial charge on any atom is 0.293 e. The first kappa shape index (κ1) is 11.1. The summed E-state index contributed by atoms with van der Waals surface area (Å²) in [6.07, 6.45) is 3.40. The van der Waals surface area contributed by atoms with E-state index in [1.54, 1.807) is 17.0 Å². The van der Waals surface area contributed by atoms with Gasteiger partial charge >= 0.3 is 0 Å².